The van der Waals surface area contributed by atoms with Gasteiger partial charge in [-0.15, -0.1) is 0 Å². The fraction of sp³-hybridized carbons (Fsp3) is 0. The van der Waals surface area contributed by atoms with Gasteiger partial charge < -0.3 is 4.42 Å². The number of furan rings is 1. The second kappa shape index (κ2) is 13.3. The molecule has 0 aliphatic rings. The van der Waals surface area contributed by atoms with Gasteiger partial charge in [0.1, 0.15) is 11.2 Å². The number of hydrogen-bond donors (Lipinski definition) is 0. The second-order valence-electron chi connectivity index (χ2n) is 15.1. The topological polar surface area (TPSA) is 51.8 Å². The maximum absolute atomic E-state index is 6.59. The van der Waals surface area contributed by atoms with Gasteiger partial charge in [-0.05, 0) is 89.6 Å². The molecule has 10 aromatic carbocycles. The van der Waals surface area contributed by atoms with Crippen molar-refractivity contribution >= 4 is 65.0 Å². The van der Waals surface area contributed by atoms with Crippen molar-refractivity contribution in [2.24, 2.45) is 0 Å². The van der Waals surface area contributed by atoms with E-state index in [1.807, 2.05) is 18.2 Å². The van der Waals surface area contributed by atoms with Crippen molar-refractivity contribution in [2.75, 3.05) is 0 Å². The third-order valence-electron chi connectivity index (χ3n) is 11.7. The van der Waals surface area contributed by atoms with E-state index in [0.717, 1.165) is 60.9 Å². The molecule has 0 saturated heterocycles. The molecular formula is C55H33N3O. The van der Waals surface area contributed by atoms with Gasteiger partial charge in [0.05, 0.1) is 5.56 Å². The molecule has 59 heavy (non-hydrogen) atoms. The Kier molecular flexibility index (Phi) is 7.50. The van der Waals surface area contributed by atoms with Gasteiger partial charge in [0, 0.05) is 21.9 Å². The van der Waals surface area contributed by atoms with Crippen molar-refractivity contribution < 1.29 is 4.42 Å². The van der Waals surface area contributed by atoms with Gasteiger partial charge >= 0.3 is 0 Å². The van der Waals surface area contributed by atoms with E-state index in [2.05, 4.69) is 182 Å². The molecule has 0 amide bonds. The molecule has 2 heterocycles. The van der Waals surface area contributed by atoms with Crippen LogP contribution in [0.4, 0.5) is 0 Å². The molecule has 4 heteroatoms. The number of fused-ring (bicyclic) bond motifs is 9. The fourth-order valence-electron chi connectivity index (χ4n) is 9.04. The minimum Gasteiger partial charge on any atom is -0.455 e. The van der Waals surface area contributed by atoms with Crippen LogP contribution in [0.2, 0.25) is 0 Å². The van der Waals surface area contributed by atoms with E-state index in [4.69, 9.17) is 19.4 Å². The Labute approximate surface area is 339 Å². The van der Waals surface area contributed by atoms with Gasteiger partial charge in [-0.3, -0.25) is 0 Å². The normalized spacial score (nSPS) is 11.7. The lowest BCUT2D eigenvalue weighted by Crippen LogP contribution is -2.02. The van der Waals surface area contributed by atoms with Gasteiger partial charge in [0.15, 0.2) is 17.5 Å². The maximum atomic E-state index is 6.59. The number of rotatable bonds is 5. The third kappa shape index (κ3) is 5.34. The summed E-state index contributed by atoms with van der Waals surface area (Å²) in [5, 5.41) is 11.7. The number of nitrogens with zero attached hydrogens (tertiary/aromatic N) is 3. The van der Waals surface area contributed by atoms with Crippen molar-refractivity contribution in [1.29, 1.82) is 0 Å². The van der Waals surface area contributed by atoms with Gasteiger partial charge in [-0.1, -0.05) is 176 Å². The fourth-order valence-corrected chi connectivity index (χ4v) is 9.04. The molecule has 12 rings (SSSR count). The third-order valence-corrected chi connectivity index (χ3v) is 11.7. The Morgan fingerprint density at radius 3 is 1.17 bits per heavy atom. The molecule has 0 atom stereocenters. The van der Waals surface area contributed by atoms with Crippen molar-refractivity contribution in [1.82, 2.24) is 15.0 Å². The predicted octanol–water partition coefficient (Wildman–Crippen LogP) is 14.7. The Bertz CT molecular complexity index is 3460. The first-order chi connectivity index (χ1) is 29.3. The summed E-state index contributed by atoms with van der Waals surface area (Å²) in [4.78, 5) is 16.1. The quantitative estimate of drug-likeness (QED) is 0.164. The summed E-state index contributed by atoms with van der Waals surface area (Å²) in [5.41, 5.74) is 8.58. The Balaban J connectivity index is 1.15. The number of hydrogen-bond acceptors (Lipinski definition) is 4. The largest absolute Gasteiger partial charge is 0.455 e. The van der Waals surface area contributed by atoms with Gasteiger partial charge in [-0.25, -0.2) is 15.0 Å². The second-order valence-corrected chi connectivity index (χ2v) is 15.1. The highest BCUT2D eigenvalue weighted by Gasteiger charge is 2.22. The van der Waals surface area contributed by atoms with E-state index in [0.29, 0.717) is 17.5 Å². The Morgan fingerprint density at radius 1 is 0.254 bits per heavy atom. The summed E-state index contributed by atoms with van der Waals surface area (Å²) in [6, 6.07) is 70.5. The molecule has 2 aromatic heterocycles. The van der Waals surface area contributed by atoms with Gasteiger partial charge in [0.25, 0.3) is 0 Å². The molecule has 0 bridgehead atoms. The zero-order valence-electron chi connectivity index (χ0n) is 31.8. The highest BCUT2D eigenvalue weighted by molar-refractivity contribution is 6.16. The van der Waals surface area contributed by atoms with Crippen LogP contribution < -0.4 is 0 Å². The standard InChI is InChI=1S/C55H33N3O/c1-3-18-36-34(16-1)32-49(40-22-7-5-20-38(36)40)42-24-9-11-27-46(42)53-56-54(58-55(57-53)48-30-15-29-45-44-26-13-14-31-51(44)59-52(45)48)47-28-12-10-25-43(47)50-33-35-17-2-4-19-37(35)39-21-6-8-23-41(39)50/h1-33H. The highest BCUT2D eigenvalue weighted by Crippen LogP contribution is 2.43. The lowest BCUT2D eigenvalue weighted by atomic mass is 9.90. The molecule has 0 radical (unpaired) electrons. The summed E-state index contributed by atoms with van der Waals surface area (Å²) in [7, 11) is 0. The Morgan fingerprint density at radius 2 is 0.627 bits per heavy atom. The van der Waals surface area contributed by atoms with Crippen LogP contribution in [-0.4, -0.2) is 15.0 Å². The van der Waals surface area contributed by atoms with Gasteiger partial charge in [-0.2, -0.15) is 0 Å². The zero-order chi connectivity index (χ0) is 38.9. The zero-order valence-corrected chi connectivity index (χ0v) is 31.8. The van der Waals surface area contributed by atoms with Crippen molar-refractivity contribution in [3.05, 3.63) is 200 Å². The van der Waals surface area contributed by atoms with E-state index in [-0.39, 0.29) is 0 Å². The molecule has 0 unspecified atom stereocenters. The minimum absolute atomic E-state index is 0.547. The van der Waals surface area contributed by atoms with Crippen LogP contribution in [0, 0.1) is 0 Å². The first-order valence-electron chi connectivity index (χ1n) is 19.9. The SMILES string of the molecule is c1ccc(-c2cc3ccccc3c3ccccc23)c(-c2nc(-c3ccccc3-c3cc4ccccc4c4ccccc34)nc(-c3cccc4c3oc3ccccc34)n2)c1. The molecule has 0 N–H and O–H groups in total. The van der Waals surface area contributed by atoms with Crippen molar-refractivity contribution in [3.63, 3.8) is 0 Å². The Hall–Kier alpha value is -7.95. The molecule has 0 saturated carbocycles. The molecule has 0 aliphatic carbocycles. The van der Waals surface area contributed by atoms with E-state index in [9.17, 15) is 0 Å². The molecule has 12 aromatic rings. The monoisotopic (exact) mass is 751 g/mol. The minimum atomic E-state index is 0.547. The maximum Gasteiger partial charge on any atom is 0.167 e. The summed E-state index contributed by atoms with van der Waals surface area (Å²) < 4.78 is 6.59. The van der Waals surface area contributed by atoms with E-state index >= 15 is 0 Å². The summed E-state index contributed by atoms with van der Waals surface area (Å²) >= 11 is 0. The van der Waals surface area contributed by atoms with Crippen LogP contribution in [0.25, 0.3) is 121 Å². The van der Waals surface area contributed by atoms with Crippen LogP contribution in [0.15, 0.2) is 205 Å². The highest BCUT2D eigenvalue weighted by atomic mass is 16.3. The average molecular weight is 752 g/mol. The number of aromatic nitrogens is 3. The van der Waals surface area contributed by atoms with Crippen LogP contribution in [0.5, 0.6) is 0 Å². The van der Waals surface area contributed by atoms with Crippen LogP contribution in [0.3, 0.4) is 0 Å². The summed E-state index contributed by atoms with van der Waals surface area (Å²) in [6.07, 6.45) is 0. The van der Waals surface area contributed by atoms with E-state index in [1.54, 1.807) is 0 Å². The van der Waals surface area contributed by atoms with Crippen LogP contribution in [-0.2, 0) is 0 Å². The number of para-hydroxylation sites is 2. The van der Waals surface area contributed by atoms with Crippen LogP contribution >= 0.6 is 0 Å². The van der Waals surface area contributed by atoms with Crippen molar-refractivity contribution in [2.45, 2.75) is 0 Å². The first kappa shape index (κ1) is 33.2. The molecule has 0 aliphatic heterocycles. The molecule has 0 fully saturated rings. The predicted molar refractivity (Wildman–Crippen MR) is 244 cm³/mol. The van der Waals surface area contributed by atoms with Crippen LogP contribution in [0.1, 0.15) is 0 Å². The smallest absolute Gasteiger partial charge is 0.167 e. The molecule has 4 nitrogen and oxygen atoms in total. The van der Waals surface area contributed by atoms with Crippen molar-refractivity contribution in [3.8, 4) is 56.4 Å². The van der Waals surface area contributed by atoms with E-state index in [1.165, 1.54) is 43.1 Å². The molecular weight excluding hydrogens is 719 g/mol. The van der Waals surface area contributed by atoms with Gasteiger partial charge in [0.2, 0.25) is 0 Å². The molecule has 0 spiro atoms. The first-order valence-corrected chi connectivity index (χ1v) is 19.9. The summed E-state index contributed by atoms with van der Waals surface area (Å²) in [6.45, 7) is 0. The number of benzene rings is 10. The molecule has 274 valence electrons. The summed E-state index contributed by atoms with van der Waals surface area (Å²) in [5.74, 6) is 1.72. The lowest BCUT2D eigenvalue weighted by molar-refractivity contribution is 0.669. The lowest BCUT2D eigenvalue weighted by Gasteiger charge is -2.17. The average Bonchev–Trinajstić information content (AvgIpc) is 3.70. The van der Waals surface area contributed by atoms with E-state index < -0.39 is 0 Å².